The molecule has 3 amide bonds. The molecule has 10 nitrogen and oxygen atoms in total. The average Bonchev–Trinajstić information content (AvgIpc) is 3.46. The first-order chi connectivity index (χ1) is 22.7. The summed E-state index contributed by atoms with van der Waals surface area (Å²) in [5.41, 5.74) is 1.84. The van der Waals surface area contributed by atoms with Gasteiger partial charge in [0.2, 0.25) is 5.91 Å². The zero-order chi connectivity index (χ0) is 33.2. The molecule has 13 heteroatoms. The molecule has 2 aliphatic carbocycles. The van der Waals surface area contributed by atoms with Crippen LogP contribution in [0.15, 0.2) is 66.7 Å². The predicted molar refractivity (Wildman–Crippen MR) is 167 cm³/mol. The van der Waals surface area contributed by atoms with Crippen molar-refractivity contribution >= 4 is 23.5 Å². The Kier molecular flexibility index (Phi) is 11.6. The third-order valence-electron chi connectivity index (χ3n) is 8.49. The number of aromatic nitrogens is 2. The Hall–Kier alpha value is -4.23. The lowest BCUT2D eigenvalue weighted by Crippen LogP contribution is -2.48. The maximum Gasteiger partial charge on any atom is 0.471 e. The summed E-state index contributed by atoms with van der Waals surface area (Å²) in [7, 11) is 0. The number of nitrogens with one attached hydrogen (secondary N) is 3. The molecule has 2 aromatic carbocycles. The first kappa shape index (κ1) is 34.1. The number of nitrogens with zero attached hydrogens (tertiary/aromatic N) is 2. The summed E-state index contributed by atoms with van der Waals surface area (Å²) in [6.07, 6.45) is 0.782. The summed E-state index contributed by atoms with van der Waals surface area (Å²) in [6, 6.07) is 19.7. The highest BCUT2D eigenvalue weighted by Gasteiger charge is 2.39. The molecule has 3 aromatic rings. The second kappa shape index (κ2) is 16.1. The van der Waals surface area contributed by atoms with Gasteiger partial charge in [-0.25, -0.2) is 4.68 Å². The lowest BCUT2D eigenvalue weighted by molar-refractivity contribution is -0.167. The van der Waals surface area contributed by atoms with E-state index in [0.29, 0.717) is 26.1 Å². The minimum absolute atomic E-state index is 0.162. The first-order valence-corrected chi connectivity index (χ1v) is 16.0. The van der Waals surface area contributed by atoms with Crippen LogP contribution in [0.2, 0.25) is 0 Å². The zero-order valence-electron chi connectivity index (χ0n) is 26.0. The van der Waals surface area contributed by atoms with Gasteiger partial charge in [0, 0.05) is 6.07 Å². The van der Waals surface area contributed by atoms with Crippen molar-refractivity contribution in [1.82, 2.24) is 20.4 Å². The topological polar surface area (TPSA) is 124 Å². The van der Waals surface area contributed by atoms with Crippen molar-refractivity contribution in [2.75, 3.05) is 5.32 Å². The highest BCUT2D eigenvalue weighted by atomic mass is 19.4. The van der Waals surface area contributed by atoms with Crippen LogP contribution in [0.4, 0.5) is 19.0 Å². The number of ether oxygens (including phenoxy) is 2. The van der Waals surface area contributed by atoms with Crippen molar-refractivity contribution in [3.05, 3.63) is 83.6 Å². The summed E-state index contributed by atoms with van der Waals surface area (Å²) in [5, 5.41) is 11.6. The van der Waals surface area contributed by atoms with E-state index >= 15 is 0 Å². The van der Waals surface area contributed by atoms with Crippen molar-refractivity contribution in [2.24, 2.45) is 0 Å². The zero-order valence-corrected chi connectivity index (χ0v) is 26.0. The fraction of sp³-hybridized carbons (Fsp3) is 0.471. The molecular weight excluding hydrogens is 615 g/mol. The minimum atomic E-state index is -5.16. The average molecular weight is 656 g/mol. The Bertz CT molecular complexity index is 1480. The van der Waals surface area contributed by atoms with Crippen LogP contribution in [-0.2, 0) is 38.8 Å². The van der Waals surface area contributed by atoms with E-state index in [0.717, 1.165) is 60.4 Å². The van der Waals surface area contributed by atoms with E-state index in [4.69, 9.17) is 9.47 Å². The molecule has 2 aliphatic rings. The summed E-state index contributed by atoms with van der Waals surface area (Å²) in [5.74, 6) is -3.86. The smallest absolute Gasteiger partial charge is 0.371 e. The molecule has 0 aliphatic heterocycles. The second-order valence-electron chi connectivity index (χ2n) is 12.0. The summed E-state index contributed by atoms with van der Waals surface area (Å²) in [4.78, 5) is 38.5. The van der Waals surface area contributed by atoms with Gasteiger partial charge in [-0.3, -0.25) is 14.4 Å². The van der Waals surface area contributed by atoms with Crippen LogP contribution in [0, 0.1) is 0 Å². The fourth-order valence-electron chi connectivity index (χ4n) is 6.08. The second-order valence-corrected chi connectivity index (χ2v) is 12.0. The summed E-state index contributed by atoms with van der Waals surface area (Å²) < 4.78 is 52.4. The SMILES string of the molecule is O=C(Cn1nc(NC(=O)C(F)(F)F)cc1C(=O)N[C@H]1CCCC[C@@H]1OCc1ccccc1)N[C@H]1CCCC[C@@H]1OCc1ccccc1. The molecule has 4 atom stereocenters. The van der Waals surface area contributed by atoms with E-state index in [1.807, 2.05) is 60.7 Å². The molecule has 252 valence electrons. The normalized spacial score (nSPS) is 21.5. The number of carbonyl (C=O) groups excluding carboxylic acids is 3. The van der Waals surface area contributed by atoms with E-state index < -0.39 is 36.3 Å². The molecule has 0 radical (unpaired) electrons. The highest BCUT2D eigenvalue weighted by molar-refractivity contribution is 5.97. The Morgan fingerprint density at radius 3 is 1.81 bits per heavy atom. The molecule has 0 unspecified atom stereocenters. The molecule has 2 saturated carbocycles. The van der Waals surface area contributed by atoms with E-state index in [-0.39, 0.29) is 30.0 Å². The van der Waals surface area contributed by atoms with Crippen LogP contribution < -0.4 is 16.0 Å². The third kappa shape index (κ3) is 9.88. The van der Waals surface area contributed by atoms with Crippen molar-refractivity contribution in [2.45, 2.75) is 102 Å². The number of rotatable bonds is 12. The lowest BCUT2D eigenvalue weighted by atomic mass is 9.92. The van der Waals surface area contributed by atoms with Gasteiger partial charge in [0.15, 0.2) is 5.82 Å². The molecule has 5 rings (SSSR count). The quantitative estimate of drug-likeness (QED) is 0.244. The lowest BCUT2D eigenvalue weighted by Gasteiger charge is -2.32. The van der Waals surface area contributed by atoms with Crippen molar-refractivity contribution < 1.29 is 37.0 Å². The van der Waals surface area contributed by atoms with Gasteiger partial charge in [-0.05, 0) is 36.8 Å². The van der Waals surface area contributed by atoms with Crippen LogP contribution >= 0.6 is 0 Å². The maximum atomic E-state index is 13.6. The number of hydrogen-bond acceptors (Lipinski definition) is 6. The highest BCUT2D eigenvalue weighted by Crippen LogP contribution is 2.25. The van der Waals surface area contributed by atoms with Gasteiger partial charge in [-0.15, -0.1) is 0 Å². The van der Waals surface area contributed by atoms with Crippen molar-refractivity contribution in [3.8, 4) is 0 Å². The Labute approximate surface area is 271 Å². The van der Waals surface area contributed by atoms with Gasteiger partial charge in [0.05, 0.1) is 37.5 Å². The molecule has 0 saturated heterocycles. The van der Waals surface area contributed by atoms with Gasteiger partial charge >= 0.3 is 12.1 Å². The van der Waals surface area contributed by atoms with Crippen molar-refractivity contribution in [3.63, 3.8) is 0 Å². The minimum Gasteiger partial charge on any atom is -0.371 e. The number of amides is 3. The number of halogens is 3. The molecule has 1 heterocycles. The van der Waals surface area contributed by atoms with Gasteiger partial charge in [0.1, 0.15) is 12.2 Å². The van der Waals surface area contributed by atoms with Crippen LogP contribution in [0.25, 0.3) is 0 Å². The number of benzene rings is 2. The van der Waals surface area contributed by atoms with Gasteiger partial charge in [-0.2, -0.15) is 18.3 Å². The van der Waals surface area contributed by atoms with Gasteiger partial charge in [0.25, 0.3) is 5.91 Å². The largest absolute Gasteiger partial charge is 0.471 e. The molecule has 1 aromatic heterocycles. The predicted octanol–water partition coefficient (Wildman–Crippen LogP) is 5.29. The molecule has 0 bridgehead atoms. The maximum absolute atomic E-state index is 13.6. The van der Waals surface area contributed by atoms with Crippen LogP contribution in [-0.4, -0.2) is 58.0 Å². The Morgan fingerprint density at radius 1 is 0.766 bits per heavy atom. The molecule has 0 spiro atoms. The summed E-state index contributed by atoms with van der Waals surface area (Å²) in [6.45, 7) is 0.298. The van der Waals surface area contributed by atoms with Gasteiger partial charge in [-0.1, -0.05) is 86.3 Å². The van der Waals surface area contributed by atoms with Crippen LogP contribution in [0.5, 0.6) is 0 Å². The molecule has 2 fully saturated rings. The molecule has 3 N–H and O–H groups in total. The van der Waals surface area contributed by atoms with E-state index in [1.54, 1.807) is 5.32 Å². The first-order valence-electron chi connectivity index (χ1n) is 16.0. The van der Waals surface area contributed by atoms with E-state index in [2.05, 4.69) is 15.7 Å². The number of alkyl halides is 3. The standard InChI is InChI=1S/C34H40F3N5O5/c35-34(36,37)33(45)40-30-19-27(32(44)39-26-16-8-10-18-29(26)47-22-24-13-5-2-6-14-24)42(41-30)20-31(43)38-25-15-7-9-17-28(25)46-21-23-11-3-1-4-12-23/h1-6,11-14,19,25-26,28-29H,7-10,15-18,20-22H2,(H,38,43)(H,39,44)(H,40,41,45)/t25-,26-,28-,29-/m0/s1. The van der Waals surface area contributed by atoms with Crippen molar-refractivity contribution in [1.29, 1.82) is 0 Å². The number of carbonyl (C=O) groups is 3. The fourth-order valence-corrected chi connectivity index (χ4v) is 6.08. The van der Waals surface area contributed by atoms with Crippen LogP contribution in [0.1, 0.15) is 73.0 Å². The monoisotopic (exact) mass is 655 g/mol. The number of anilines is 1. The van der Waals surface area contributed by atoms with E-state index in [9.17, 15) is 27.6 Å². The van der Waals surface area contributed by atoms with E-state index in [1.165, 1.54) is 0 Å². The Balaban J connectivity index is 1.27. The third-order valence-corrected chi connectivity index (χ3v) is 8.49. The van der Waals surface area contributed by atoms with Gasteiger partial charge < -0.3 is 25.4 Å². The molecule has 47 heavy (non-hydrogen) atoms. The van der Waals surface area contributed by atoms with Crippen LogP contribution in [0.3, 0.4) is 0 Å². The summed E-state index contributed by atoms with van der Waals surface area (Å²) >= 11 is 0. The Morgan fingerprint density at radius 2 is 1.28 bits per heavy atom. The number of hydrogen-bond donors (Lipinski definition) is 3. The molecular formula is C34H40F3N5O5.